The van der Waals surface area contributed by atoms with Gasteiger partial charge >= 0.3 is 184 Å². The summed E-state index contributed by atoms with van der Waals surface area (Å²) in [4.78, 5) is 4.44. The van der Waals surface area contributed by atoms with E-state index in [2.05, 4.69) is 72.3 Å². The molecule has 0 aliphatic rings. The quantitative estimate of drug-likeness (QED) is 0.192. The summed E-state index contributed by atoms with van der Waals surface area (Å²) in [5.74, 6) is 2.07. The molecule has 0 radical (unpaired) electrons. The zero-order valence-corrected chi connectivity index (χ0v) is 21.9. The Morgan fingerprint density at radius 3 is 1.41 bits per heavy atom. The van der Waals surface area contributed by atoms with Crippen LogP contribution in [0.5, 0.6) is 11.5 Å². The van der Waals surface area contributed by atoms with Crippen LogP contribution in [0.4, 0.5) is 0 Å². The Balaban J connectivity index is 2.02. The third kappa shape index (κ3) is 9.02. The molecule has 29 heavy (non-hydrogen) atoms. The Morgan fingerprint density at radius 2 is 1.00 bits per heavy atom. The van der Waals surface area contributed by atoms with Crippen molar-refractivity contribution in [3.05, 3.63) is 59.7 Å². The van der Waals surface area contributed by atoms with E-state index < -0.39 is 19.2 Å². The molecule has 0 bridgehead atoms. The number of hydrogen-bond acceptors (Lipinski definition) is 2. The molecule has 0 spiro atoms. The summed E-state index contributed by atoms with van der Waals surface area (Å²) in [6.07, 6.45) is 12.4. The molecule has 2 nitrogen and oxygen atoms in total. The summed E-state index contributed by atoms with van der Waals surface area (Å²) >= 11 is -3.19. The second kappa shape index (κ2) is 13.2. The third-order valence-electron chi connectivity index (χ3n) is 5.26. The van der Waals surface area contributed by atoms with Gasteiger partial charge in [0.05, 0.1) is 0 Å². The van der Waals surface area contributed by atoms with Crippen LogP contribution in [0.2, 0.25) is 9.88 Å². The van der Waals surface area contributed by atoms with Gasteiger partial charge in [0, 0.05) is 0 Å². The third-order valence-corrected chi connectivity index (χ3v) is 9.32. The molecule has 3 heteroatoms. The monoisotopic (exact) mass is 504 g/mol. The normalized spacial score (nSPS) is 11.4. The fourth-order valence-electron chi connectivity index (χ4n) is 3.65. The molecular weight excluding hydrogens is 463 g/mol. The van der Waals surface area contributed by atoms with Crippen molar-refractivity contribution < 1.29 is 6.15 Å². The molecule has 0 saturated carbocycles. The second-order valence-corrected chi connectivity index (χ2v) is 17.6. The molecule has 2 aromatic rings. The van der Waals surface area contributed by atoms with Crippen molar-refractivity contribution in [2.75, 3.05) is 0 Å². The molecule has 0 aliphatic carbocycles. The van der Waals surface area contributed by atoms with E-state index in [1.807, 2.05) is 0 Å². The molecular formula is C26H40O2Sn. The molecule has 160 valence electrons. The van der Waals surface area contributed by atoms with E-state index in [4.69, 9.17) is 6.15 Å². The van der Waals surface area contributed by atoms with Crippen molar-refractivity contribution in [3.63, 3.8) is 0 Å². The maximum atomic E-state index is 6.58. The van der Waals surface area contributed by atoms with Crippen molar-refractivity contribution in [1.29, 1.82) is 0 Å². The van der Waals surface area contributed by atoms with Crippen LogP contribution < -0.4 is 6.15 Å². The number of benzene rings is 2. The van der Waals surface area contributed by atoms with Crippen molar-refractivity contribution in [2.45, 2.75) is 87.9 Å². The van der Waals surface area contributed by atoms with Gasteiger partial charge in [-0.2, -0.15) is 0 Å². The minimum absolute atomic E-state index is 1.03. The first-order valence-corrected chi connectivity index (χ1v) is 19.6. The number of unbranched alkanes of at least 4 members (excludes halogenated alkanes) is 6. The van der Waals surface area contributed by atoms with Gasteiger partial charge in [0.2, 0.25) is 0 Å². The summed E-state index contributed by atoms with van der Waals surface area (Å²) in [5.41, 5.74) is 2.65. The topological polar surface area (TPSA) is 18.5 Å². The van der Waals surface area contributed by atoms with Crippen LogP contribution in [0, 0.1) is 0 Å². The molecule has 0 fully saturated rings. The van der Waals surface area contributed by atoms with Crippen LogP contribution in [-0.4, -0.2) is 19.2 Å². The van der Waals surface area contributed by atoms with Gasteiger partial charge in [-0.25, -0.2) is 0 Å². The van der Waals surface area contributed by atoms with E-state index in [0.29, 0.717) is 0 Å². The summed E-state index contributed by atoms with van der Waals surface area (Å²) in [7, 11) is 0. The van der Waals surface area contributed by atoms with Gasteiger partial charge in [-0.3, -0.25) is 0 Å². The van der Waals surface area contributed by atoms with Gasteiger partial charge in [-0.05, 0) is 0 Å². The standard InChI is InChI=1S/2C12H18O.2CH3.Sn/c2*1-2-3-4-5-8-11-9-6-7-10-12(11)13;;;/h2*6-7,9-10,13H,2-5,8H2,1H3;2*1H3;/q;;;;+2/p-2. The van der Waals surface area contributed by atoms with E-state index in [-0.39, 0.29) is 0 Å². The molecule has 0 atom stereocenters. The summed E-state index contributed by atoms with van der Waals surface area (Å²) in [6, 6.07) is 17.1. The first-order chi connectivity index (χ1) is 14.1. The molecule has 0 heterocycles. The zero-order chi connectivity index (χ0) is 21.0. The summed E-state index contributed by atoms with van der Waals surface area (Å²) in [6.45, 7) is 4.51. The van der Waals surface area contributed by atoms with Crippen LogP contribution in [-0.2, 0) is 12.8 Å². The summed E-state index contributed by atoms with van der Waals surface area (Å²) in [5, 5.41) is 0. The van der Waals surface area contributed by atoms with Gasteiger partial charge in [0.15, 0.2) is 0 Å². The van der Waals surface area contributed by atoms with E-state index in [0.717, 1.165) is 24.3 Å². The number of rotatable bonds is 14. The SMILES string of the molecule is CCCCCCc1ccccc1[O][Sn]([CH3])([CH3])[O]c1ccccc1CCCCCC. The number of aryl methyl sites for hydroxylation is 2. The van der Waals surface area contributed by atoms with Crippen LogP contribution in [0.3, 0.4) is 0 Å². The maximum absolute atomic E-state index is 6.58. The molecule has 2 rings (SSSR count). The Morgan fingerprint density at radius 1 is 0.586 bits per heavy atom. The van der Waals surface area contributed by atoms with E-state index >= 15 is 0 Å². The summed E-state index contributed by atoms with van der Waals surface area (Å²) < 4.78 is 13.2. The minimum atomic E-state index is -3.19. The molecule has 0 saturated heterocycles. The Bertz CT molecular complexity index is 652. The van der Waals surface area contributed by atoms with Gasteiger partial charge in [-0.1, -0.05) is 0 Å². The van der Waals surface area contributed by atoms with E-state index in [1.54, 1.807) is 0 Å². The molecule has 0 aromatic heterocycles. The Hall–Kier alpha value is -1.16. The second-order valence-electron chi connectivity index (χ2n) is 8.44. The number of hydrogen-bond donors (Lipinski definition) is 0. The van der Waals surface area contributed by atoms with Crippen LogP contribution in [0.1, 0.15) is 76.3 Å². The molecule has 0 aliphatic heterocycles. The van der Waals surface area contributed by atoms with Gasteiger partial charge in [-0.15, -0.1) is 0 Å². The van der Waals surface area contributed by atoms with Crippen LogP contribution in [0.25, 0.3) is 0 Å². The van der Waals surface area contributed by atoms with E-state index in [9.17, 15) is 0 Å². The number of para-hydroxylation sites is 2. The van der Waals surface area contributed by atoms with Gasteiger partial charge in [0.1, 0.15) is 0 Å². The fourth-order valence-corrected chi connectivity index (χ4v) is 7.93. The average molecular weight is 503 g/mol. The van der Waals surface area contributed by atoms with Crippen LogP contribution >= 0.6 is 0 Å². The molecule has 0 amide bonds. The average Bonchev–Trinajstić information content (AvgIpc) is 2.70. The van der Waals surface area contributed by atoms with Gasteiger partial charge in [0.25, 0.3) is 0 Å². The van der Waals surface area contributed by atoms with Gasteiger partial charge < -0.3 is 0 Å². The molecule has 0 N–H and O–H groups in total. The first kappa shape index (κ1) is 24.1. The Kier molecular flexibility index (Phi) is 11.0. The fraction of sp³-hybridized carbons (Fsp3) is 0.538. The van der Waals surface area contributed by atoms with Crippen molar-refractivity contribution in [3.8, 4) is 11.5 Å². The van der Waals surface area contributed by atoms with Crippen LogP contribution in [0.15, 0.2) is 48.5 Å². The van der Waals surface area contributed by atoms with Crippen molar-refractivity contribution in [1.82, 2.24) is 0 Å². The van der Waals surface area contributed by atoms with E-state index in [1.165, 1.54) is 62.5 Å². The molecule has 2 aromatic carbocycles. The Labute approximate surface area is 184 Å². The van der Waals surface area contributed by atoms with Crippen molar-refractivity contribution >= 4 is 19.2 Å². The molecule has 0 unspecified atom stereocenters. The zero-order valence-electron chi connectivity index (χ0n) is 19.0. The predicted molar refractivity (Wildman–Crippen MR) is 127 cm³/mol. The predicted octanol–water partition coefficient (Wildman–Crippen LogP) is 8.09. The first-order valence-electron chi connectivity index (χ1n) is 11.6. The van der Waals surface area contributed by atoms with Crippen molar-refractivity contribution in [2.24, 2.45) is 0 Å².